The number of thiophene rings is 1. The van der Waals surface area contributed by atoms with Crippen molar-refractivity contribution in [2.24, 2.45) is 0 Å². The second-order valence-electron chi connectivity index (χ2n) is 4.53. The van der Waals surface area contributed by atoms with E-state index in [1.807, 2.05) is 30.3 Å². The molecule has 3 rings (SSSR count). The van der Waals surface area contributed by atoms with E-state index in [1.54, 1.807) is 11.3 Å². The number of halogens is 1. The molecule has 3 aromatic rings. The van der Waals surface area contributed by atoms with E-state index in [9.17, 15) is 0 Å². The van der Waals surface area contributed by atoms with Crippen LogP contribution in [0.3, 0.4) is 0 Å². The fourth-order valence-corrected chi connectivity index (χ4v) is 3.56. The first kappa shape index (κ1) is 13.5. The molecule has 0 aliphatic carbocycles. The molecule has 3 nitrogen and oxygen atoms in total. The maximum absolute atomic E-state index is 6.07. The average Bonchev–Trinajstić information content (AvgIpc) is 2.85. The van der Waals surface area contributed by atoms with Crippen molar-refractivity contribution in [3.8, 4) is 0 Å². The van der Waals surface area contributed by atoms with Gasteiger partial charge in [0.1, 0.15) is 0 Å². The van der Waals surface area contributed by atoms with Gasteiger partial charge >= 0.3 is 0 Å². The number of nitrogens with zero attached hydrogens (tertiary/aromatic N) is 1. The maximum atomic E-state index is 6.07. The van der Waals surface area contributed by atoms with Crippen molar-refractivity contribution >= 4 is 43.9 Å². The van der Waals surface area contributed by atoms with Gasteiger partial charge in [-0.2, -0.15) is 0 Å². The van der Waals surface area contributed by atoms with Gasteiger partial charge in [-0.1, -0.05) is 18.2 Å². The molecule has 0 bridgehead atoms. The van der Waals surface area contributed by atoms with Crippen molar-refractivity contribution in [3.63, 3.8) is 0 Å². The molecule has 102 valence electrons. The van der Waals surface area contributed by atoms with Crippen LogP contribution < -0.4 is 11.1 Å². The van der Waals surface area contributed by atoms with Crippen molar-refractivity contribution < 1.29 is 0 Å². The molecule has 0 atom stereocenters. The first-order valence-electron chi connectivity index (χ1n) is 6.31. The summed E-state index contributed by atoms with van der Waals surface area (Å²) in [5.74, 6) is 0. The number of aromatic nitrogens is 1. The third-order valence-corrected chi connectivity index (χ3v) is 4.66. The molecule has 0 amide bonds. The lowest BCUT2D eigenvalue weighted by molar-refractivity contribution is 0.689. The fraction of sp³-hybridized carbons (Fsp3) is 0.133. The summed E-state index contributed by atoms with van der Waals surface area (Å²) in [6, 6.07) is 14.1. The third kappa shape index (κ3) is 3.00. The van der Waals surface area contributed by atoms with Gasteiger partial charge in [-0.25, -0.2) is 0 Å². The Balaban J connectivity index is 1.71. The number of para-hydroxylation sites is 1. The summed E-state index contributed by atoms with van der Waals surface area (Å²) in [7, 11) is 0. The van der Waals surface area contributed by atoms with Crippen molar-refractivity contribution in [2.75, 3.05) is 5.73 Å². The van der Waals surface area contributed by atoms with Gasteiger partial charge in [0, 0.05) is 29.0 Å². The van der Waals surface area contributed by atoms with Crippen LogP contribution in [0.5, 0.6) is 0 Å². The fourth-order valence-electron chi connectivity index (χ4n) is 2.11. The van der Waals surface area contributed by atoms with Crippen molar-refractivity contribution in [1.29, 1.82) is 0 Å². The molecule has 1 aromatic carbocycles. The zero-order valence-electron chi connectivity index (χ0n) is 10.8. The van der Waals surface area contributed by atoms with Crippen LogP contribution in [-0.2, 0) is 13.1 Å². The van der Waals surface area contributed by atoms with Crippen LogP contribution in [0.4, 0.5) is 5.69 Å². The minimum Gasteiger partial charge on any atom is -0.398 e. The number of fused-ring (bicyclic) bond motifs is 1. The lowest BCUT2D eigenvalue weighted by Crippen LogP contribution is -2.13. The maximum Gasteiger partial charge on any atom is 0.0726 e. The molecular formula is C15H14BrN3S. The molecular weight excluding hydrogens is 334 g/mol. The minimum absolute atomic E-state index is 0.713. The number of benzene rings is 1. The van der Waals surface area contributed by atoms with Gasteiger partial charge in [0.25, 0.3) is 0 Å². The molecule has 0 aliphatic rings. The summed E-state index contributed by atoms with van der Waals surface area (Å²) in [5.41, 5.74) is 8.77. The van der Waals surface area contributed by atoms with E-state index in [-0.39, 0.29) is 0 Å². The van der Waals surface area contributed by atoms with Gasteiger partial charge in [-0.15, -0.1) is 11.3 Å². The predicted molar refractivity (Wildman–Crippen MR) is 88.7 cm³/mol. The third-order valence-electron chi connectivity index (χ3n) is 3.04. The molecule has 0 fully saturated rings. The van der Waals surface area contributed by atoms with Crippen molar-refractivity contribution in [3.05, 3.63) is 56.8 Å². The lowest BCUT2D eigenvalue weighted by Gasteiger charge is -2.07. The Morgan fingerprint density at radius 2 is 2.00 bits per heavy atom. The average molecular weight is 348 g/mol. The summed E-state index contributed by atoms with van der Waals surface area (Å²) in [6.45, 7) is 1.55. The number of rotatable bonds is 4. The molecule has 0 unspecified atom stereocenters. The predicted octanol–water partition coefficient (Wildman–Crippen LogP) is 3.93. The highest BCUT2D eigenvalue weighted by Gasteiger charge is 2.03. The Kier molecular flexibility index (Phi) is 4.00. The van der Waals surface area contributed by atoms with Crippen LogP contribution in [0, 0.1) is 0 Å². The zero-order chi connectivity index (χ0) is 13.9. The molecule has 20 heavy (non-hydrogen) atoms. The summed E-state index contributed by atoms with van der Waals surface area (Å²) >= 11 is 5.21. The Morgan fingerprint density at radius 3 is 2.80 bits per heavy atom. The quantitative estimate of drug-likeness (QED) is 0.751. The Labute approximate surface area is 130 Å². The molecule has 0 radical (unpaired) electrons. The summed E-state index contributed by atoms with van der Waals surface area (Å²) < 4.78 is 1.15. The first-order valence-corrected chi connectivity index (χ1v) is 7.92. The summed E-state index contributed by atoms with van der Waals surface area (Å²) in [4.78, 5) is 5.92. The van der Waals surface area contributed by atoms with Crippen LogP contribution in [0.1, 0.15) is 10.6 Å². The molecule has 0 saturated heterocycles. The van der Waals surface area contributed by atoms with E-state index >= 15 is 0 Å². The number of pyridine rings is 1. The van der Waals surface area contributed by atoms with Crippen LogP contribution in [0.25, 0.3) is 10.9 Å². The number of nitrogens with one attached hydrogen (secondary N) is 1. The van der Waals surface area contributed by atoms with Gasteiger partial charge in [0.2, 0.25) is 0 Å². The second-order valence-corrected chi connectivity index (χ2v) is 7.08. The molecule has 3 N–H and O–H groups in total. The normalized spacial score (nSPS) is 11.1. The van der Waals surface area contributed by atoms with Crippen molar-refractivity contribution in [2.45, 2.75) is 13.1 Å². The van der Waals surface area contributed by atoms with Gasteiger partial charge in [-0.05, 0) is 40.2 Å². The van der Waals surface area contributed by atoms with E-state index in [2.05, 4.69) is 38.4 Å². The highest BCUT2D eigenvalue weighted by molar-refractivity contribution is 9.11. The lowest BCUT2D eigenvalue weighted by atomic mass is 10.1. The smallest absolute Gasteiger partial charge is 0.0726 e. The molecule has 0 spiro atoms. The number of nitrogens with two attached hydrogens (primary N) is 1. The first-order chi connectivity index (χ1) is 9.72. The largest absolute Gasteiger partial charge is 0.398 e. The van der Waals surface area contributed by atoms with Crippen LogP contribution in [0.2, 0.25) is 0 Å². The molecule has 0 aliphatic heterocycles. The topological polar surface area (TPSA) is 50.9 Å². The summed E-state index contributed by atoms with van der Waals surface area (Å²) in [5, 5.41) is 4.41. The number of hydrogen-bond donors (Lipinski definition) is 2. The highest BCUT2D eigenvalue weighted by Crippen LogP contribution is 2.22. The van der Waals surface area contributed by atoms with Crippen molar-refractivity contribution in [1.82, 2.24) is 10.3 Å². The Bertz CT molecular complexity index is 739. The van der Waals surface area contributed by atoms with E-state index in [4.69, 9.17) is 5.73 Å². The Hall–Kier alpha value is -1.43. The number of hydrogen-bond acceptors (Lipinski definition) is 4. The molecule has 5 heteroatoms. The van der Waals surface area contributed by atoms with Gasteiger partial charge in [-0.3, -0.25) is 4.98 Å². The van der Waals surface area contributed by atoms with E-state index in [1.165, 1.54) is 4.88 Å². The monoisotopic (exact) mass is 347 g/mol. The Morgan fingerprint density at radius 1 is 1.15 bits per heavy atom. The molecule has 2 heterocycles. The SMILES string of the molecule is Nc1cc(CNCc2ccc(Br)s2)nc2ccccc12. The van der Waals surface area contributed by atoms with Gasteiger partial charge < -0.3 is 11.1 Å². The zero-order valence-corrected chi connectivity index (χ0v) is 13.2. The van der Waals surface area contributed by atoms with Gasteiger partial charge in [0.05, 0.1) is 15.0 Å². The van der Waals surface area contributed by atoms with E-state index in [0.29, 0.717) is 6.54 Å². The standard InChI is InChI=1S/C15H14BrN3S/c16-15-6-5-11(20-15)9-18-8-10-7-13(17)12-3-1-2-4-14(12)19-10/h1-7,18H,8-9H2,(H2,17,19). The summed E-state index contributed by atoms with van der Waals surface area (Å²) in [6.07, 6.45) is 0. The van der Waals surface area contributed by atoms with Crippen LogP contribution in [-0.4, -0.2) is 4.98 Å². The van der Waals surface area contributed by atoms with Crippen LogP contribution in [0.15, 0.2) is 46.3 Å². The van der Waals surface area contributed by atoms with Gasteiger partial charge in [0.15, 0.2) is 0 Å². The van der Waals surface area contributed by atoms with E-state index in [0.717, 1.165) is 32.6 Å². The highest BCUT2D eigenvalue weighted by atomic mass is 79.9. The number of anilines is 1. The molecule has 0 saturated carbocycles. The molecule has 2 aromatic heterocycles. The second kappa shape index (κ2) is 5.91. The van der Waals surface area contributed by atoms with E-state index < -0.39 is 0 Å². The number of nitrogen functional groups attached to an aromatic ring is 1. The minimum atomic E-state index is 0.713. The van der Waals surface area contributed by atoms with Crippen LogP contribution >= 0.6 is 27.3 Å².